The van der Waals surface area contributed by atoms with Gasteiger partial charge in [0.05, 0.1) is 6.04 Å². The summed E-state index contributed by atoms with van der Waals surface area (Å²) in [6.07, 6.45) is 11.7. The Bertz CT molecular complexity index is 841. The summed E-state index contributed by atoms with van der Waals surface area (Å²) in [4.78, 5) is 15.1. The molecule has 0 bridgehead atoms. The van der Waals surface area contributed by atoms with Crippen molar-refractivity contribution in [2.45, 2.75) is 32.2 Å². The molecule has 1 aromatic rings. The van der Waals surface area contributed by atoms with Crippen LogP contribution in [0.2, 0.25) is 0 Å². The van der Waals surface area contributed by atoms with Gasteiger partial charge in [0.15, 0.2) is 11.5 Å². The molecule has 0 aliphatic carbocycles. The highest BCUT2D eigenvalue weighted by molar-refractivity contribution is 5.82. The third-order valence-electron chi connectivity index (χ3n) is 5.03. The summed E-state index contributed by atoms with van der Waals surface area (Å²) in [5.41, 5.74) is 1.18. The number of hydrogen-bond donors (Lipinski definition) is 0. The normalized spacial score (nSPS) is 20.2. The van der Waals surface area contributed by atoms with Crippen LogP contribution in [0.3, 0.4) is 0 Å². The molecule has 0 spiro atoms. The van der Waals surface area contributed by atoms with Crippen molar-refractivity contribution in [2.24, 2.45) is 11.0 Å². The zero-order chi connectivity index (χ0) is 19.9. The first kappa shape index (κ1) is 19.5. The molecule has 7 heteroatoms. The predicted molar refractivity (Wildman–Crippen MR) is 109 cm³/mol. The summed E-state index contributed by atoms with van der Waals surface area (Å²) in [5.74, 6) is 0.738. The maximum absolute atomic E-state index is 13.0. The highest BCUT2D eigenvalue weighted by atomic mass is 16.2. The van der Waals surface area contributed by atoms with Gasteiger partial charge in [-0.1, -0.05) is 30.9 Å². The zero-order valence-corrected chi connectivity index (χ0v) is 16.0. The smallest absolute Gasteiger partial charge is 0.246 e. The van der Waals surface area contributed by atoms with E-state index in [1.54, 1.807) is 23.4 Å². The average molecular weight is 376 g/mol. The van der Waals surface area contributed by atoms with Gasteiger partial charge in [0.1, 0.15) is 6.07 Å². The molecule has 1 fully saturated rings. The van der Waals surface area contributed by atoms with Gasteiger partial charge in [-0.2, -0.15) is 10.4 Å². The quantitative estimate of drug-likeness (QED) is 0.738. The second-order valence-electron chi connectivity index (χ2n) is 6.84. The number of carbonyl (C=O) groups is 1. The fraction of sp³-hybridized carbons (Fsp3) is 0.381. The Labute approximate surface area is 165 Å². The number of anilines is 1. The van der Waals surface area contributed by atoms with Crippen LogP contribution in [-0.4, -0.2) is 46.5 Å². The number of allylic oxidation sites excluding steroid dienone is 3. The van der Waals surface area contributed by atoms with Crippen molar-refractivity contribution in [1.29, 1.82) is 5.26 Å². The molecule has 3 heterocycles. The van der Waals surface area contributed by atoms with E-state index >= 15 is 0 Å². The lowest BCUT2D eigenvalue weighted by molar-refractivity contribution is -0.137. The molecular weight excluding hydrogens is 352 g/mol. The maximum atomic E-state index is 13.0. The van der Waals surface area contributed by atoms with Crippen LogP contribution in [0.1, 0.15) is 31.9 Å². The van der Waals surface area contributed by atoms with E-state index in [1.807, 2.05) is 37.3 Å². The van der Waals surface area contributed by atoms with Crippen molar-refractivity contribution < 1.29 is 4.79 Å². The Hall–Kier alpha value is -3.27. The van der Waals surface area contributed by atoms with Gasteiger partial charge >= 0.3 is 0 Å². The number of piperidine rings is 1. The van der Waals surface area contributed by atoms with Crippen molar-refractivity contribution in [2.75, 3.05) is 18.0 Å². The standard InChI is InChI=1S/C21H24N6O/c1-3-4-5-6-16(2)19-9-12-23-27(19)21(28)17-10-13-26(14-11-17)20-8-7-18(15-22)24-25-20/h3-8,12,17,19H,2,9-11,13-14H2,1H3/b4-3-,6-5-/t19-/m0/s1. The number of amides is 1. The van der Waals surface area contributed by atoms with Crippen LogP contribution >= 0.6 is 0 Å². The number of carbonyl (C=O) groups excluding carboxylic acids is 1. The lowest BCUT2D eigenvalue weighted by Crippen LogP contribution is -2.43. The number of hydrogen-bond acceptors (Lipinski definition) is 6. The summed E-state index contributed by atoms with van der Waals surface area (Å²) in [5, 5.41) is 22.7. The van der Waals surface area contributed by atoms with Crippen molar-refractivity contribution in [3.63, 3.8) is 0 Å². The number of nitriles is 1. The fourth-order valence-corrected chi connectivity index (χ4v) is 3.43. The molecular formula is C21H24N6O. The number of hydrazone groups is 1. The maximum Gasteiger partial charge on any atom is 0.246 e. The molecule has 1 amide bonds. The van der Waals surface area contributed by atoms with Crippen LogP contribution in [0.25, 0.3) is 0 Å². The summed E-state index contributed by atoms with van der Waals surface area (Å²) in [7, 11) is 0. The molecule has 0 unspecified atom stereocenters. The van der Waals surface area contributed by atoms with Crippen LogP contribution in [0.4, 0.5) is 5.82 Å². The Morgan fingerprint density at radius 1 is 1.29 bits per heavy atom. The van der Waals surface area contributed by atoms with E-state index in [1.165, 1.54) is 0 Å². The first-order valence-electron chi connectivity index (χ1n) is 9.46. The van der Waals surface area contributed by atoms with E-state index in [9.17, 15) is 4.79 Å². The highest BCUT2D eigenvalue weighted by Crippen LogP contribution is 2.27. The van der Waals surface area contributed by atoms with Crippen molar-refractivity contribution in [1.82, 2.24) is 15.2 Å². The molecule has 0 N–H and O–H groups in total. The molecule has 1 aromatic heterocycles. The van der Waals surface area contributed by atoms with Gasteiger partial charge < -0.3 is 4.90 Å². The Morgan fingerprint density at radius 2 is 2.07 bits per heavy atom. The minimum atomic E-state index is -0.101. The predicted octanol–water partition coefficient (Wildman–Crippen LogP) is 2.84. The van der Waals surface area contributed by atoms with E-state index in [0.29, 0.717) is 12.1 Å². The van der Waals surface area contributed by atoms with Gasteiger partial charge in [-0.15, -0.1) is 10.2 Å². The monoisotopic (exact) mass is 376 g/mol. The van der Waals surface area contributed by atoms with Crippen molar-refractivity contribution in [3.05, 3.63) is 54.3 Å². The Morgan fingerprint density at radius 3 is 2.71 bits per heavy atom. The summed E-state index contributed by atoms with van der Waals surface area (Å²) >= 11 is 0. The second kappa shape index (κ2) is 9.09. The molecule has 144 valence electrons. The molecule has 7 nitrogen and oxygen atoms in total. The average Bonchev–Trinajstić information content (AvgIpc) is 3.23. The minimum Gasteiger partial charge on any atom is -0.355 e. The number of nitrogens with zero attached hydrogens (tertiary/aromatic N) is 6. The molecule has 28 heavy (non-hydrogen) atoms. The van der Waals surface area contributed by atoms with Crippen molar-refractivity contribution >= 4 is 17.9 Å². The molecule has 0 aromatic carbocycles. The number of aromatic nitrogens is 2. The van der Waals surface area contributed by atoms with Gasteiger partial charge in [0.2, 0.25) is 5.91 Å². The summed E-state index contributed by atoms with van der Waals surface area (Å²) in [6.45, 7) is 7.51. The van der Waals surface area contributed by atoms with Crippen molar-refractivity contribution in [3.8, 4) is 6.07 Å². The van der Waals surface area contributed by atoms with Crippen LogP contribution in [0, 0.1) is 17.2 Å². The summed E-state index contributed by atoms with van der Waals surface area (Å²) in [6, 6.07) is 5.33. The van der Waals surface area contributed by atoms with Gasteiger partial charge in [-0.05, 0) is 37.5 Å². The SMILES string of the molecule is C=C(/C=C\C=C/C)[C@@H]1CC=NN1C(=O)C1CCN(c2ccc(C#N)nn2)CC1. The molecule has 0 radical (unpaired) electrons. The zero-order valence-electron chi connectivity index (χ0n) is 16.0. The lowest BCUT2D eigenvalue weighted by atomic mass is 9.94. The first-order chi connectivity index (χ1) is 13.6. The van der Waals surface area contributed by atoms with Crippen LogP contribution in [0.15, 0.2) is 53.7 Å². The third kappa shape index (κ3) is 4.34. The highest BCUT2D eigenvalue weighted by Gasteiger charge is 2.34. The topological polar surface area (TPSA) is 85.5 Å². The van der Waals surface area contributed by atoms with Gasteiger partial charge in [0.25, 0.3) is 0 Å². The van der Waals surface area contributed by atoms with Crippen LogP contribution in [0.5, 0.6) is 0 Å². The third-order valence-corrected chi connectivity index (χ3v) is 5.03. The van der Waals surface area contributed by atoms with Gasteiger partial charge in [-0.25, -0.2) is 5.01 Å². The second-order valence-corrected chi connectivity index (χ2v) is 6.84. The molecule has 3 rings (SSSR count). The molecule has 2 aliphatic rings. The van der Waals surface area contributed by atoms with E-state index in [0.717, 1.165) is 37.3 Å². The van der Waals surface area contributed by atoms with E-state index in [2.05, 4.69) is 26.8 Å². The molecule has 2 aliphatic heterocycles. The fourth-order valence-electron chi connectivity index (χ4n) is 3.43. The molecule has 0 saturated carbocycles. The van der Waals surface area contributed by atoms with E-state index < -0.39 is 0 Å². The largest absolute Gasteiger partial charge is 0.355 e. The minimum absolute atomic E-state index is 0.0601. The van der Waals surface area contributed by atoms with E-state index in [-0.39, 0.29) is 17.9 Å². The Balaban J connectivity index is 1.58. The number of rotatable bonds is 5. The molecule has 1 saturated heterocycles. The van der Waals surface area contributed by atoms with E-state index in [4.69, 9.17) is 5.26 Å². The van der Waals surface area contributed by atoms with Gasteiger partial charge in [0, 0.05) is 31.6 Å². The Kier molecular flexibility index (Phi) is 6.33. The lowest BCUT2D eigenvalue weighted by Gasteiger charge is -2.34. The summed E-state index contributed by atoms with van der Waals surface area (Å²) < 4.78 is 0. The first-order valence-corrected chi connectivity index (χ1v) is 9.46. The van der Waals surface area contributed by atoms with Crippen LogP contribution in [-0.2, 0) is 4.79 Å². The van der Waals surface area contributed by atoms with Gasteiger partial charge in [-0.3, -0.25) is 4.79 Å². The van der Waals surface area contributed by atoms with Crippen LogP contribution < -0.4 is 4.90 Å². The molecule has 1 atom stereocenters.